The van der Waals surface area contributed by atoms with Crippen LogP contribution in [0.5, 0.6) is 0 Å². The summed E-state index contributed by atoms with van der Waals surface area (Å²) in [6, 6.07) is -0.432. The molecule has 1 heterocycles. The molecule has 1 aliphatic heterocycles. The number of rotatable bonds is 2. The lowest BCUT2D eigenvalue weighted by molar-refractivity contribution is -0.134. The minimum atomic E-state index is -0.432. The molecule has 0 spiro atoms. The second kappa shape index (κ2) is 6.00. The van der Waals surface area contributed by atoms with E-state index in [1.165, 1.54) is 0 Å². The van der Waals surface area contributed by atoms with Crippen LogP contribution in [-0.4, -0.2) is 53.8 Å². The van der Waals surface area contributed by atoms with Crippen LogP contribution in [0.2, 0.25) is 0 Å². The molecule has 1 fully saturated rings. The molecular formula is C12H23N3O2. The fourth-order valence-corrected chi connectivity index (χ4v) is 1.95. The van der Waals surface area contributed by atoms with Crippen LogP contribution in [0.15, 0.2) is 0 Å². The Hall–Kier alpha value is -1.10. The lowest BCUT2D eigenvalue weighted by Gasteiger charge is -2.26. The summed E-state index contributed by atoms with van der Waals surface area (Å²) >= 11 is 0. The van der Waals surface area contributed by atoms with Crippen molar-refractivity contribution in [2.75, 3.05) is 26.2 Å². The van der Waals surface area contributed by atoms with Gasteiger partial charge >= 0.3 is 0 Å². The second-order valence-electron chi connectivity index (χ2n) is 4.95. The number of hydrogen-bond donors (Lipinski definition) is 1. The highest BCUT2D eigenvalue weighted by molar-refractivity contribution is 5.82. The Balaban J connectivity index is 2.57. The highest BCUT2D eigenvalue weighted by Crippen LogP contribution is 2.08. The molecule has 98 valence electrons. The summed E-state index contributed by atoms with van der Waals surface area (Å²) in [7, 11) is 0. The number of carbonyl (C=O) groups is 2. The summed E-state index contributed by atoms with van der Waals surface area (Å²) < 4.78 is 0. The van der Waals surface area contributed by atoms with Crippen LogP contribution in [-0.2, 0) is 9.59 Å². The van der Waals surface area contributed by atoms with Crippen molar-refractivity contribution in [1.82, 2.24) is 9.80 Å². The first-order chi connectivity index (χ1) is 7.93. The minimum absolute atomic E-state index is 0.00500. The molecule has 0 unspecified atom stereocenters. The summed E-state index contributed by atoms with van der Waals surface area (Å²) in [5, 5.41) is 0. The van der Waals surface area contributed by atoms with Gasteiger partial charge < -0.3 is 15.5 Å². The van der Waals surface area contributed by atoms with Crippen molar-refractivity contribution in [3.05, 3.63) is 0 Å². The normalized spacial score (nSPS) is 19.1. The summed E-state index contributed by atoms with van der Waals surface area (Å²) in [5.74, 6) is 0.229. The summed E-state index contributed by atoms with van der Waals surface area (Å²) in [5.41, 5.74) is 5.86. The van der Waals surface area contributed by atoms with E-state index in [0.29, 0.717) is 19.6 Å². The second-order valence-corrected chi connectivity index (χ2v) is 4.95. The molecule has 1 saturated heterocycles. The number of nitrogens with zero attached hydrogens (tertiary/aromatic N) is 2. The van der Waals surface area contributed by atoms with Crippen LogP contribution in [0, 0.1) is 5.92 Å². The van der Waals surface area contributed by atoms with Crippen LogP contribution < -0.4 is 5.73 Å². The molecule has 2 N–H and O–H groups in total. The standard InChI is InChI=1S/C12H23N3O2/c1-9(2)11(13)12(17)15-6-4-5-14(7-8-15)10(3)16/h9,11H,4-8,13H2,1-3H3/t11-/m0/s1. The van der Waals surface area contributed by atoms with E-state index in [9.17, 15) is 9.59 Å². The van der Waals surface area contributed by atoms with Crippen molar-refractivity contribution in [3.8, 4) is 0 Å². The van der Waals surface area contributed by atoms with E-state index in [0.717, 1.165) is 13.0 Å². The zero-order valence-electron chi connectivity index (χ0n) is 11.0. The molecule has 0 aromatic rings. The van der Waals surface area contributed by atoms with E-state index < -0.39 is 6.04 Å². The Kier molecular flexibility index (Phi) is 4.93. The predicted molar refractivity (Wildman–Crippen MR) is 66.3 cm³/mol. The molecule has 1 rings (SSSR count). The molecule has 1 aliphatic rings. The zero-order chi connectivity index (χ0) is 13.0. The Bertz CT molecular complexity index is 291. The van der Waals surface area contributed by atoms with Gasteiger partial charge in [0.1, 0.15) is 0 Å². The SMILES string of the molecule is CC(=O)N1CCCN(C(=O)[C@@H](N)C(C)C)CC1. The van der Waals surface area contributed by atoms with Gasteiger partial charge in [-0.15, -0.1) is 0 Å². The van der Waals surface area contributed by atoms with Crippen molar-refractivity contribution in [2.24, 2.45) is 11.7 Å². The minimum Gasteiger partial charge on any atom is -0.341 e. The van der Waals surface area contributed by atoms with Crippen LogP contribution in [0.4, 0.5) is 0 Å². The number of nitrogens with two attached hydrogens (primary N) is 1. The molecule has 0 aromatic heterocycles. The maximum absolute atomic E-state index is 12.1. The summed E-state index contributed by atoms with van der Waals surface area (Å²) in [6.07, 6.45) is 0.829. The first-order valence-electron chi connectivity index (χ1n) is 6.23. The Morgan fingerprint density at radius 2 is 1.59 bits per heavy atom. The van der Waals surface area contributed by atoms with Gasteiger partial charge in [0.2, 0.25) is 11.8 Å². The van der Waals surface area contributed by atoms with Crippen LogP contribution in [0.1, 0.15) is 27.2 Å². The topological polar surface area (TPSA) is 66.6 Å². The van der Waals surface area contributed by atoms with E-state index in [4.69, 9.17) is 5.73 Å². The largest absolute Gasteiger partial charge is 0.341 e. The van der Waals surface area contributed by atoms with E-state index in [-0.39, 0.29) is 17.7 Å². The molecule has 5 heteroatoms. The zero-order valence-corrected chi connectivity index (χ0v) is 11.0. The molecule has 2 amide bonds. The Labute approximate surface area is 103 Å². The lowest BCUT2D eigenvalue weighted by atomic mass is 10.0. The fraction of sp³-hybridized carbons (Fsp3) is 0.833. The third-order valence-electron chi connectivity index (χ3n) is 3.26. The van der Waals surface area contributed by atoms with Gasteiger partial charge in [-0.2, -0.15) is 0 Å². The molecular weight excluding hydrogens is 218 g/mol. The molecule has 0 bridgehead atoms. The van der Waals surface area contributed by atoms with Crippen LogP contribution in [0.3, 0.4) is 0 Å². The van der Waals surface area contributed by atoms with Crippen molar-refractivity contribution >= 4 is 11.8 Å². The quantitative estimate of drug-likeness (QED) is 0.743. The van der Waals surface area contributed by atoms with Crippen molar-refractivity contribution < 1.29 is 9.59 Å². The Morgan fingerprint density at radius 1 is 1.06 bits per heavy atom. The lowest BCUT2D eigenvalue weighted by Crippen LogP contribution is -2.47. The van der Waals surface area contributed by atoms with E-state index in [1.54, 1.807) is 16.7 Å². The van der Waals surface area contributed by atoms with Crippen molar-refractivity contribution in [3.63, 3.8) is 0 Å². The molecule has 0 radical (unpaired) electrons. The van der Waals surface area contributed by atoms with Gasteiger partial charge in [0.15, 0.2) is 0 Å². The molecule has 0 aliphatic carbocycles. The van der Waals surface area contributed by atoms with Gasteiger partial charge in [0, 0.05) is 33.1 Å². The third-order valence-corrected chi connectivity index (χ3v) is 3.26. The maximum Gasteiger partial charge on any atom is 0.239 e. The van der Waals surface area contributed by atoms with Gasteiger partial charge in [-0.05, 0) is 12.3 Å². The summed E-state index contributed by atoms with van der Waals surface area (Å²) in [4.78, 5) is 26.9. The van der Waals surface area contributed by atoms with Gasteiger partial charge in [-0.25, -0.2) is 0 Å². The average molecular weight is 241 g/mol. The van der Waals surface area contributed by atoms with Crippen LogP contribution >= 0.6 is 0 Å². The first kappa shape index (κ1) is 14.0. The molecule has 17 heavy (non-hydrogen) atoms. The monoisotopic (exact) mass is 241 g/mol. The van der Waals surface area contributed by atoms with Crippen LogP contribution in [0.25, 0.3) is 0 Å². The van der Waals surface area contributed by atoms with Gasteiger partial charge in [0.25, 0.3) is 0 Å². The highest BCUT2D eigenvalue weighted by Gasteiger charge is 2.25. The van der Waals surface area contributed by atoms with E-state index in [1.807, 2.05) is 13.8 Å². The van der Waals surface area contributed by atoms with Crippen molar-refractivity contribution in [1.29, 1.82) is 0 Å². The van der Waals surface area contributed by atoms with E-state index >= 15 is 0 Å². The number of amides is 2. The first-order valence-corrected chi connectivity index (χ1v) is 6.23. The number of carbonyl (C=O) groups excluding carboxylic acids is 2. The maximum atomic E-state index is 12.1. The highest BCUT2D eigenvalue weighted by atomic mass is 16.2. The van der Waals surface area contributed by atoms with Gasteiger partial charge in [-0.3, -0.25) is 9.59 Å². The number of hydrogen-bond acceptors (Lipinski definition) is 3. The van der Waals surface area contributed by atoms with E-state index in [2.05, 4.69) is 0 Å². The fourth-order valence-electron chi connectivity index (χ4n) is 1.95. The third kappa shape index (κ3) is 3.70. The predicted octanol–water partition coefficient (Wildman–Crippen LogP) is 0.0505. The van der Waals surface area contributed by atoms with Crippen molar-refractivity contribution in [2.45, 2.75) is 33.2 Å². The molecule has 0 saturated carbocycles. The van der Waals surface area contributed by atoms with Gasteiger partial charge in [-0.1, -0.05) is 13.8 Å². The molecule has 5 nitrogen and oxygen atoms in total. The molecule has 1 atom stereocenters. The average Bonchev–Trinajstić information content (AvgIpc) is 2.52. The summed E-state index contributed by atoms with van der Waals surface area (Å²) in [6.45, 7) is 8.10. The van der Waals surface area contributed by atoms with Gasteiger partial charge in [0.05, 0.1) is 6.04 Å². The molecule has 0 aromatic carbocycles. The Morgan fingerprint density at radius 3 is 2.12 bits per heavy atom. The smallest absolute Gasteiger partial charge is 0.239 e.